The second-order valence-electron chi connectivity index (χ2n) is 8.25. The summed E-state index contributed by atoms with van der Waals surface area (Å²) in [7, 11) is -2.51. The summed E-state index contributed by atoms with van der Waals surface area (Å²) in [6, 6.07) is 11.4. The van der Waals surface area contributed by atoms with Crippen molar-refractivity contribution in [2.45, 2.75) is 30.8 Å². The van der Waals surface area contributed by atoms with Crippen LogP contribution in [0.25, 0.3) is 0 Å². The van der Waals surface area contributed by atoms with Crippen molar-refractivity contribution in [2.24, 2.45) is 5.92 Å². The van der Waals surface area contributed by atoms with Gasteiger partial charge in [0.05, 0.1) is 35.9 Å². The Morgan fingerprint density at radius 2 is 1.86 bits per heavy atom. The molecule has 188 valence electrons. The Labute approximate surface area is 209 Å². The number of carbonyl (C=O) groups is 2. The third-order valence-electron chi connectivity index (χ3n) is 6.15. The minimum Gasteiger partial charge on any atom is -0.492 e. The van der Waals surface area contributed by atoms with E-state index >= 15 is 0 Å². The summed E-state index contributed by atoms with van der Waals surface area (Å²) in [5, 5.41) is 0.226. The maximum absolute atomic E-state index is 13.5. The van der Waals surface area contributed by atoms with Crippen LogP contribution in [-0.2, 0) is 24.3 Å². The summed E-state index contributed by atoms with van der Waals surface area (Å²) in [5.74, 6) is -0.277. The average molecular weight is 523 g/mol. The predicted octanol–water partition coefficient (Wildman–Crippen LogP) is 3.11. The molecule has 2 aromatic carbocycles. The molecule has 1 saturated heterocycles. The summed E-state index contributed by atoms with van der Waals surface area (Å²) >= 11 is 6.19. The van der Waals surface area contributed by atoms with Gasteiger partial charge in [0.25, 0.3) is 0 Å². The van der Waals surface area contributed by atoms with Crippen LogP contribution < -0.4 is 14.4 Å². The van der Waals surface area contributed by atoms with Crippen LogP contribution in [0.5, 0.6) is 11.5 Å². The van der Waals surface area contributed by atoms with Gasteiger partial charge in [0.2, 0.25) is 22.0 Å². The van der Waals surface area contributed by atoms with E-state index < -0.39 is 28.0 Å². The van der Waals surface area contributed by atoms with Gasteiger partial charge in [0.1, 0.15) is 11.5 Å². The molecule has 0 bridgehead atoms. The number of carbonyl (C=O) groups excluding carboxylic acids is 2. The summed E-state index contributed by atoms with van der Waals surface area (Å²) < 4.78 is 43.6. The number of benzene rings is 2. The van der Waals surface area contributed by atoms with Gasteiger partial charge in [0.15, 0.2) is 0 Å². The number of hydrogen-bond acceptors (Lipinski definition) is 7. The Morgan fingerprint density at radius 1 is 1.14 bits per heavy atom. The molecule has 0 N–H and O–H groups in total. The Bertz CT molecular complexity index is 1210. The van der Waals surface area contributed by atoms with E-state index in [0.717, 1.165) is 0 Å². The fraction of sp³-hybridized carbons (Fsp3) is 0.417. The Hall–Kier alpha value is -2.82. The van der Waals surface area contributed by atoms with E-state index in [4.69, 9.17) is 25.8 Å². The van der Waals surface area contributed by atoms with Gasteiger partial charge in [-0.15, -0.1) is 0 Å². The Balaban J connectivity index is 1.47. The molecule has 35 heavy (non-hydrogen) atoms. The zero-order valence-electron chi connectivity index (χ0n) is 19.5. The zero-order chi connectivity index (χ0) is 25.2. The van der Waals surface area contributed by atoms with Crippen molar-refractivity contribution in [1.29, 1.82) is 0 Å². The molecule has 1 amide bonds. The van der Waals surface area contributed by atoms with Crippen molar-refractivity contribution in [3.8, 4) is 11.5 Å². The maximum atomic E-state index is 13.5. The molecule has 2 aliphatic rings. The molecular formula is C24H27ClN2O7S. The second-order valence-corrected chi connectivity index (χ2v) is 10.6. The highest BCUT2D eigenvalue weighted by atomic mass is 35.5. The summed E-state index contributed by atoms with van der Waals surface area (Å²) in [5.41, 5.74) is 0.580. The number of ether oxygens (including phenoxy) is 3. The molecular weight excluding hydrogens is 496 g/mol. The molecule has 2 heterocycles. The molecule has 0 aromatic heterocycles. The van der Waals surface area contributed by atoms with Gasteiger partial charge in [-0.05, 0) is 50.1 Å². The van der Waals surface area contributed by atoms with Crippen molar-refractivity contribution in [3.05, 3.63) is 47.5 Å². The normalized spacial score (nSPS) is 18.9. The van der Waals surface area contributed by atoms with Crippen LogP contribution >= 0.6 is 11.6 Å². The second kappa shape index (κ2) is 10.4. The van der Waals surface area contributed by atoms with E-state index in [0.29, 0.717) is 36.6 Å². The number of methoxy groups -OCH3 is 1. The van der Waals surface area contributed by atoms with Crippen molar-refractivity contribution in [2.75, 3.05) is 38.3 Å². The van der Waals surface area contributed by atoms with E-state index in [2.05, 4.69) is 0 Å². The van der Waals surface area contributed by atoms with Crippen LogP contribution in [0.15, 0.2) is 47.4 Å². The molecule has 1 fully saturated rings. The fourth-order valence-corrected chi connectivity index (χ4v) is 6.12. The number of fused-ring (bicyclic) bond motifs is 1. The number of sulfonamides is 1. The van der Waals surface area contributed by atoms with Crippen LogP contribution in [0, 0.1) is 5.92 Å². The molecule has 9 nitrogen and oxygen atoms in total. The number of para-hydroxylation sites is 2. The van der Waals surface area contributed by atoms with E-state index in [1.165, 1.54) is 23.5 Å². The third-order valence-corrected chi connectivity index (χ3v) is 8.34. The molecule has 4 rings (SSSR count). The van der Waals surface area contributed by atoms with Gasteiger partial charge in [-0.2, -0.15) is 4.31 Å². The largest absolute Gasteiger partial charge is 0.492 e. The topological polar surface area (TPSA) is 102 Å². The molecule has 11 heteroatoms. The molecule has 0 unspecified atom stereocenters. The summed E-state index contributed by atoms with van der Waals surface area (Å²) in [6.45, 7) is 2.65. The first-order valence-electron chi connectivity index (χ1n) is 11.3. The lowest BCUT2D eigenvalue weighted by Gasteiger charge is -2.37. The number of halogens is 1. The number of rotatable bonds is 6. The van der Waals surface area contributed by atoms with Crippen LogP contribution in [0.2, 0.25) is 5.02 Å². The highest BCUT2D eigenvalue weighted by Crippen LogP contribution is 2.36. The number of nitrogens with zero attached hydrogens (tertiary/aromatic N) is 2. The fourth-order valence-electron chi connectivity index (χ4n) is 4.32. The smallest absolute Gasteiger partial charge is 0.348 e. The summed E-state index contributed by atoms with van der Waals surface area (Å²) in [4.78, 5) is 27.2. The molecule has 0 saturated carbocycles. The van der Waals surface area contributed by atoms with E-state index in [-0.39, 0.29) is 35.5 Å². The van der Waals surface area contributed by atoms with Crippen LogP contribution in [0.4, 0.5) is 5.69 Å². The minimum atomic E-state index is -3.78. The first kappa shape index (κ1) is 25.3. The van der Waals surface area contributed by atoms with Gasteiger partial charge in [0, 0.05) is 19.0 Å². The van der Waals surface area contributed by atoms with E-state index in [9.17, 15) is 18.0 Å². The first-order valence-corrected chi connectivity index (χ1v) is 13.2. The predicted molar refractivity (Wildman–Crippen MR) is 129 cm³/mol. The minimum absolute atomic E-state index is 0.0334. The van der Waals surface area contributed by atoms with Crippen LogP contribution in [-0.4, -0.2) is 64.1 Å². The maximum Gasteiger partial charge on any atom is 0.348 e. The van der Waals surface area contributed by atoms with Gasteiger partial charge >= 0.3 is 5.97 Å². The highest BCUT2D eigenvalue weighted by molar-refractivity contribution is 7.89. The zero-order valence-corrected chi connectivity index (χ0v) is 21.0. The van der Waals surface area contributed by atoms with E-state index in [1.807, 2.05) is 6.92 Å². The molecule has 2 aromatic rings. The number of amides is 1. The molecule has 0 spiro atoms. The van der Waals surface area contributed by atoms with Crippen molar-refractivity contribution >= 4 is 39.2 Å². The third kappa shape index (κ3) is 5.10. The Kier molecular flexibility index (Phi) is 7.53. The van der Waals surface area contributed by atoms with Crippen molar-refractivity contribution in [1.82, 2.24) is 4.31 Å². The van der Waals surface area contributed by atoms with Crippen molar-refractivity contribution < 1.29 is 32.2 Å². The lowest BCUT2D eigenvalue weighted by atomic mass is 9.95. The average Bonchev–Trinajstić information content (AvgIpc) is 2.88. The lowest BCUT2D eigenvalue weighted by molar-refractivity contribution is -0.148. The number of piperidine rings is 1. The first-order chi connectivity index (χ1) is 16.8. The molecule has 1 atom stereocenters. The van der Waals surface area contributed by atoms with Gasteiger partial charge in [-0.3, -0.25) is 4.79 Å². The van der Waals surface area contributed by atoms with Gasteiger partial charge in [-0.25, -0.2) is 13.2 Å². The standard InChI is InChI=1S/C24H27ClN2O7S/c1-3-33-20-9-8-17(14-18(20)25)35(30,31)26-12-10-16(11-13-26)23(28)27-15-22(24(29)32-2)34-21-7-5-4-6-19(21)27/h4-9,14,16,22H,3,10-13,15H2,1-2H3/t22-/m1/s1. The molecule has 0 radical (unpaired) electrons. The van der Waals surface area contributed by atoms with Crippen LogP contribution in [0.3, 0.4) is 0 Å². The van der Waals surface area contributed by atoms with Crippen LogP contribution in [0.1, 0.15) is 19.8 Å². The lowest BCUT2D eigenvalue weighted by Crippen LogP contribution is -2.51. The number of esters is 1. The number of hydrogen-bond donors (Lipinski definition) is 0. The number of anilines is 1. The molecule has 0 aliphatic carbocycles. The highest BCUT2D eigenvalue weighted by Gasteiger charge is 2.39. The van der Waals surface area contributed by atoms with Gasteiger partial charge < -0.3 is 19.1 Å². The van der Waals surface area contributed by atoms with Crippen molar-refractivity contribution in [3.63, 3.8) is 0 Å². The van der Waals surface area contributed by atoms with Gasteiger partial charge in [-0.1, -0.05) is 23.7 Å². The Morgan fingerprint density at radius 3 is 2.51 bits per heavy atom. The monoisotopic (exact) mass is 522 g/mol. The van der Waals surface area contributed by atoms with E-state index in [1.54, 1.807) is 35.2 Å². The SMILES string of the molecule is CCOc1ccc(S(=O)(=O)N2CCC(C(=O)N3C[C@H](C(=O)OC)Oc4ccccc43)CC2)cc1Cl. The molecule has 2 aliphatic heterocycles. The summed E-state index contributed by atoms with van der Waals surface area (Å²) in [6.07, 6.45) is -0.222. The quantitative estimate of drug-likeness (QED) is 0.537.